The van der Waals surface area contributed by atoms with E-state index in [2.05, 4.69) is 43.8 Å². The fraction of sp³-hybridized carbons (Fsp3) is 0.433. The Morgan fingerprint density at radius 1 is 1.10 bits per heavy atom. The largest absolute Gasteiger partial charge is 0.469 e. The van der Waals surface area contributed by atoms with Crippen LogP contribution in [-0.2, 0) is 14.0 Å². The average molecular weight is 562 g/mol. The van der Waals surface area contributed by atoms with E-state index in [-0.39, 0.29) is 22.5 Å². The van der Waals surface area contributed by atoms with Crippen LogP contribution in [0, 0.1) is 5.92 Å². The van der Waals surface area contributed by atoms with Crippen LogP contribution in [0.2, 0.25) is 18.1 Å². The topological polar surface area (TPSA) is 99.4 Å². The summed E-state index contributed by atoms with van der Waals surface area (Å²) in [7, 11) is -0.477. The van der Waals surface area contributed by atoms with Gasteiger partial charge in [-0.15, -0.1) is 0 Å². The van der Waals surface area contributed by atoms with E-state index in [0.29, 0.717) is 55.6 Å². The highest BCUT2D eigenvalue weighted by Gasteiger charge is 2.36. The molecule has 0 spiro atoms. The van der Waals surface area contributed by atoms with Gasteiger partial charge in [0.2, 0.25) is 0 Å². The monoisotopic (exact) mass is 561 g/mol. The van der Waals surface area contributed by atoms with Gasteiger partial charge in [0.1, 0.15) is 0 Å². The van der Waals surface area contributed by atoms with E-state index in [0.717, 1.165) is 5.56 Å². The molecule has 0 unspecified atom stereocenters. The molecule has 0 radical (unpaired) electrons. The van der Waals surface area contributed by atoms with Gasteiger partial charge < -0.3 is 14.1 Å². The second-order valence-electron chi connectivity index (χ2n) is 11.5. The molecule has 0 N–H and O–H groups in total. The zero-order valence-corrected chi connectivity index (χ0v) is 25.3. The third-order valence-electron chi connectivity index (χ3n) is 7.84. The number of rotatable bonds is 8. The standard InChI is InChI=1S/C30H39N5O4Si/c1-30(2,3)40(5,6)39-20-7-9-24-21-35(25-12-10-22(11-13-25)26-31-16-8-17-32-26)28(36)27(33-24)34-18-14-23(15-19-34)29(37)38-4/h7-13,16-17,21,23H,14-15,18-20H2,1-6H3/b9-7+. The third-order valence-corrected chi connectivity index (χ3v) is 12.3. The highest BCUT2D eigenvalue weighted by atomic mass is 28.4. The van der Waals surface area contributed by atoms with E-state index in [1.165, 1.54) is 7.11 Å². The first-order valence-electron chi connectivity index (χ1n) is 13.6. The van der Waals surface area contributed by atoms with Gasteiger partial charge in [0, 0.05) is 42.9 Å². The molecule has 10 heteroatoms. The predicted molar refractivity (Wildman–Crippen MR) is 160 cm³/mol. The summed E-state index contributed by atoms with van der Waals surface area (Å²) in [5.74, 6) is 0.625. The van der Waals surface area contributed by atoms with E-state index in [1.54, 1.807) is 29.2 Å². The number of nitrogens with zero attached hydrogens (tertiary/aromatic N) is 5. The van der Waals surface area contributed by atoms with Crippen molar-refractivity contribution in [3.8, 4) is 17.1 Å². The van der Waals surface area contributed by atoms with Gasteiger partial charge in [-0.2, -0.15) is 0 Å². The van der Waals surface area contributed by atoms with Gasteiger partial charge in [-0.25, -0.2) is 15.0 Å². The molecule has 212 valence electrons. The van der Waals surface area contributed by atoms with Crippen LogP contribution in [0.15, 0.2) is 59.8 Å². The molecule has 1 aromatic carbocycles. The van der Waals surface area contributed by atoms with Gasteiger partial charge in [0.25, 0.3) is 5.56 Å². The molecule has 4 rings (SSSR count). The Labute approximate surface area is 237 Å². The number of esters is 1. The van der Waals surface area contributed by atoms with Crippen molar-refractivity contribution in [3.63, 3.8) is 0 Å². The number of hydrogen-bond donors (Lipinski definition) is 0. The second kappa shape index (κ2) is 12.3. The molecule has 9 nitrogen and oxygen atoms in total. The summed E-state index contributed by atoms with van der Waals surface area (Å²) in [5.41, 5.74) is 2.01. The summed E-state index contributed by atoms with van der Waals surface area (Å²) in [6.07, 6.45) is 10.2. The Morgan fingerprint density at radius 3 is 2.35 bits per heavy atom. The van der Waals surface area contributed by atoms with Crippen molar-refractivity contribution in [2.75, 3.05) is 31.7 Å². The van der Waals surface area contributed by atoms with Crippen LogP contribution in [0.3, 0.4) is 0 Å². The quantitative estimate of drug-likeness (QED) is 0.276. The maximum Gasteiger partial charge on any atom is 0.308 e. The van der Waals surface area contributed by atoms with E-state index >= 15 is 0 Å². The van der Waals surface area contributed by atoms with Gasteiger partial charge in [0.05, 0.1) is 25.3 Å². The van der Waals surface area contributed by atoms with Crippen molar-refractivity contribution in [2.45, 2.75) is 51.7 Å². The molecule has 3 heterocycles. The number of benzene rings is 1. The normalized spacial score (nSPS) is 15.0. The SMILES string of the molecule is COC(=O)C1CCN(c2nc(/C=C/CO[Si](C)(C)C(C)(C)C)cn(-c3ccc(-c4ncccn4)cc3)c2=O)CC1. The molecule has 1 saturated heterocycles. The lowest BCUT2D eigenvalue weighted by Gasteiger charge is -2.35. The van der Waals surface area contributed by atoms with Crippen molar-refractivity contribution in [2.24, 2.45) is 5.92 Å². The van der Waals surface area contributed by atoms with Gasteiger partial charge in [-0.3, -0.25) is 14.2 Å². The Kier molecular flexibility index (Phi) is 9.00. The van der Waals surface area contributed by atoms with Crippen LogP contribution in [0.4, 0.5) is 5.82 Å². The summed E-state index contributed by atoms with van der Waals surface area (Å²) in [5, 5.41) is 0.118. The maximum atomic E-state index is 13.7. The van der Waals surface area contributed by atoms with Gasteiger partial charge >= 0.3 is 5.97 Å². The number of aromatic nitrogens is 4. The van der Waals surface area contributed by atoms with E-state index in [4.69, 9.17) is 14.1 Å². The fourth-order valence-electron chi connectivity index (χ4n) is 4.33. The Bertz CT molecular complexity index is 1390. The maximum absolute atomic E-state index is 13.7. The first-order valence-corrected chi connectivity index (χ1v) is 16.6. The van der Waals surface area contributed by atoms with Crippen molar-refractivity contribution >= 4 is 26.2 Å². The van der Waals surface area contributed by atoms with Crippen LogP contribution >= 0.6 is 0 Å². The summed E-state index contributed by atoms with van der Waals surface area (Å²) in [4.78, 5) is 41.1. The summed E-state index contributed by atoms with van der Waals surface area (Å²) >= 11 is 0. The lowest BCUT2D eigenvalue weighted by molar-refractivity contribution is -0.146. The molecule has 0 amide bonds. The van der Waals surface area contributed by atoms with Crippen molar-refractivity contribution in [3.05, 3.63) is 71.0 Å². The Balaban J connectivity index is 1.64. The first kappa shape index (κ1) is 29.4. The van der Waals surface area contributed by atoms with Crippen LogP contribution in [-0.4, -0.2) is 60.6 Å². The van der Waals surface area contributed by atoms with Crippen LogP contribution in [0.5, 0.6) is 0 Å². The lowest BCUT2D eigenvalue weighted by atomic mass is 9.97. The number of hydrogen-bond acceptors (Lipinski definition) is 8. The summed E-state index contributed by atoms with van der Waals surface area (Å²) in [6, 6.07) is 9.35. The Morgan fingerprint density at radius 2 is 1.75 bits per heavy atom. The second-order valence-corrected chi connectivity index (χ2v) is 16.4. The average Bonchev–Trinajstić information content (AvgIpc) is 2.95. The molecule has 2 aromatic heterocycles. The zero-order chi connectivity index (χ0) is 28.9. The van der Waals surface area contributed by atoms with Gasteiger partial charge in [-0.05, 0) is 67.4 Å². The molecule has 0 atom stereocenters. The number of methoxy groups -OCH3 is 1. The van der Waals surface area contributed by atoms with Crippen LogP contribution < -0.4 is 10.5 Å². The number of ether oxygens (including phenoxy) is 1. The zero-order valence-electron chi connectivity index (χ0n) is 24.3. The molecule has 0 saturated carbocycles. The molecule has 40 heavy (non-hydrogen) atoms. The number of carbonyl (C=O) groups excluding carboxylic acids is 1. The molecular formula is C30H39N5O4Si. The molecule has 0 aliphatic carbocycles. The summed E-state index contributed by atoms with van der Waals surface area (Å²) in [6.45, 7) is 12.7. The van der Waals surface area contributed by atoms with Crippen molar-refractivity contribution < 1.29 is 14.0 Å². The smallest absolute Gasteiger partial charge is 0.308 e. The number of piperidine rings is 1. The predicted octanol–water partition coefficient (Wildman–Crippen LogP) is 5.11. The van der Waals surface area contributed by atoms with E-state index in [9.17, 15) is 9.59 Å². The fourth-order valence-corrected chi connectivity index (χ4v) is 5.28. The minimum absolute atomic E-state index is 0.118. The Hall–Kier alpha value is -3.63. The van der Waals surface area contributed by atoms with Gasteiger partial charge in [0.15, 0.2) is 20.0 Å². The number of anilines is 1. The molecule has 0 bridgehead atoms. The molecule has 1 fully saturated rings. The molecule has 3 aromatic rings. The third kappa shape index (κ3) is 6.74. The molecule has 1 aliphatic heterocycles. The first-order chi connectivity index (χ1) is 19.0. The number of carbonyl (C=O) groups is 1. The van der Waals surface area contributed by atoms with Crippen molar-refractivity contribution in [1.29, 1.82) is 0 Å². The van der Waals surface area contributed by atoms with E-state index in [1.807, 2.05) is 41.3 Å². The van der Waals surface area contributed by atoms with E-state index < -0.39 is 8.32 Å². The van der Waals surface area contributed by atoms with Gasteiger partial charge in [-0.1, -0.05) is 26.8 Å². The minimum Gasteiger partial charge on any atom is -0.469 e. The summed E-state index contributed by atoms with van der Waals surface area (Å²) < 4.78 is 12.8. The minimum atomic E-state index is -1.89. The van der Waals surface area contributed by atoms with Crippen LogP contribution in [0.25, 0.3) is 23.2 Å². The van der Waals surface area contributed by atoms with Crippen LogP contribution in [0.1, 0.15) is 39.3 Å². The highest BCUT2D eigenvalue weighted by Crippen LogP contribution is 2.36. The van der Waals surface area contributed by atoms with Crippen molar-refractivity contribution in [1.82, 2.24) is 19.5 Å². The lowest BCUT2D eigenvalue weighted by Crippen LogP contribution is -2.41. The molecule has 1 aliphatic rings. The molecular weight excluding hydrogens is 522 g/mol. The highest BCUT2D eigenvalue weighted by molar-refractivity contribution is 6.74.